The number of anilines is 2. The zero-order valence-corrected chi connectivity index (χ0v) is 15.3. The molecule has 25 heavy (non-hydrogen) atoms. The zero-order valence-electron chi connectivity index (χ0n) is 15.3. The van der Waals surface area contributed by atoms with Crippen LogP contribution in [0, 0.1) is 0 Å². The highest BCUT2D eigenvalue weighted by Crippen LogP contribution is 2.28. The number of rotatable bonds is 6. The molecule has 0 aliphatic carbocycles. The fraction of sp³-hybridized carbons (Fsp3) is 0.250. The molecule has 0 unspecified atom stereocenters. The largest absolute Gasteiger partial charge is 0.497 e. The van der Waals surface area contributed by atoms with Crippen molar-refractivity contribution in [3.63, 3.8) is 0 Å². The Hall–Kier alpha value is -2.95. The van der Waals surface area contributed by atoms with Gasteiger partial charge in [0.05, 0.1) is 25.6 Å². The summed E-state index contributed by atoms with van der Waals surface area (Å²) < 4.78 is 10.6. The van der Waals surface area contributed by atoms with E-state index in [9.17, 15) is 4.79 Å². The number of nitrogens with zero attached hydrogens (tertiary/aromatic N) is 1. The molecule has 0 saturated heterocycles. The minimum Gasteiger partial charge on any atom is -0.497 e. The lowest BCUT2D eigenvalue weighted by Gasteiger charge is -2.16. The third kappa shape index (κ3) is 4.12. The van der Waals surface area contributed by atoms with Gasteiger partial charge in [0.2, 0.25) is 0 Å². The Balaban J connectivity index is 2.40. The Labute approximate surface area is 148 Å². The summed E-state index contributed by atoms with van der Waals surface area (Å²) >= 11 is 0. The van der Waals surface area contributed by atoms with Crippen molar-refractivity contribution in [3.8, 4) is 11.5 Å². The van der Waals surface area contributed by atoms with Gasteiger partial charge in [-0.15, -0.1) is 0 Å². The maximum atomic E-state index is 12.8. The number of hydrogen-bond acceptors (Lipinski definition) is 5. The number of benzene rings is 2. The Morgan fingerprint density at radius 2 is 1.80 bits per heavy atom. The molecule has 132 valence electrons. The van der Waals surface area contributed by atoms with E-state index < -0.39 is 0 Å². The van der Waals surface area contributed by atoms with E-state index in [2.05, 4.69) is 0 Å². The quantitative estimate of drug-likeness (QED) is 0.494. The van der Waals surface area contributed by atoms with Gasteiger partial charge in [-0.2, -0.15) is 0 Å². The van der Waals surface area contributed by atoms with Crippen molar-refractivity contribution in [2.24, 2.45) is 0 Å². The van der Waals surface area contributed by atoms with E-state index in [1.165, 1.54) is 0 Å². The normalized spacial score (nSPS) is 11.2. The average molecular weight is 340 g/mol. The first kappa shape index (κ1) is 18.4. The molecule has 0 saturated carbocycles. The van der Waals surface area contributed by atoms with Crippen molar-refractivity contribution >= 4 is 23.2 Å². The third-order valence-corrected chi connectivity index (χ3v) is 3.94. The van der Waals surface area contributed by atoms with E-state index in [0.29, 0.717) is 28.3 Å². The molecule has 0 radical (unpaired) electrons. The van der Waals surface area contributed by atoms with Gasteiger partial charge in [0.25, 0.3) is 0 Å². The number of hydrogen-bond donors (Lipinski definition) is 1. The standard InChI is InChI=1S/C20H24N2O3/c1-13(10-15-11-16(24-4)7-9-19(15)25-5)20(23)14-6-8-17(21)18(12-14)22(2)3/h6-12H,21H2,1-5H3/b13-10+. The monoisotopic (exact) mass is 340 g/mol. The first-order valence-corrected chi connectivity index (χ1v) is 7.89. The number of nitrogen functional groups attached to an aromatic ring is 1. The van der Waals surface area contributed by atoms with Gasteiger partial charge >= 0.3 is 0 Å². The van der Waals surface area contributed by atoms with E-state index in [0.717, 1.165) is 11.3 Å². The lowest BCUT2D eigenvalue weighted by molar-refractivity contribution is 0.103. The molecule has 2 aromatic rings. The summed E-state index contributed by atoms with van der Waals surface area (Å²) in [6.07, 6.45) is 1.80. The van der Waals surface area contributed by atoms with Crippen LogP contribution in [0.3, 0.4) is 0 Å². The number of methoxy groups -OCH3 is 2. The van der Waals surface area contributed by atoms with E-state index in [1.54, 1.807) is 45.4 Å². The number of allylic oxidation sites excluding steroid dienone is 1. The van der Waals surface area contributed by atoms with Gasteiger partial charge in [-0.25, -0.2) is 0 Å². The van der Waals surface area contributed by atoms with Crippen LogP contribution in [-0.2, 0) is 0 Å². The van der Waals surface area contributed by atoms with Crippen LogP contribution in [0.2, 0.25) is 0 Å². The molecule has 0 aromatic heterocycles. The van der Waals surface area contributed by atoms with Gasteiger partial charge in [0.1, 0.15) is 11.5 Å². The van der Waals surface area contributed by atoms with Crippen molar-refractivity contribution in [1.82, 2.24) is 0 Å². The molecule has 5 heteroatoms. The molecule has 0 amide bonds. The van der Waals surface area contributed by atoms with Gasteiger partial charge in [-0.1, -0.05) is 0 Å². The first-order valence-electron chi connectivity index (χ1n) is 7.89. The van der Waals surface area contributed by atoms with Crippen LogP contribution in [0.4, 0.5) is 11.4 Å². The fourth-order valence-corrected chi connectivity index (χ4v) is 2.55. The lowest BCUT2D eigenvalue weighted by Crippen LogP contribution is -2.12. The van der Waals surface area contributed by atoms with Crippen molar-refractivity contribution in [3.05, 3.63) is 53.1 Å². The van der Waals surface area contributed by atoms with Crippen LogP contribution in [0.15, 0.2) is 42.0 Å². The molecule has 0 spiro atoms. The van der Waals surface area contributed by atoms with Crippen LogP contribution < -0.4 is 20.1 Å². The summed E-state index contributed by atoms with van der Waals surface area (Å²) in [7, 11) is 6.98. The van der Waals surface area contributed by atoms with Crippen molar-refractivity contribution in [2.45, 2.75) is 6.92 Å². The predicted molar refractivity (Wildman–Crippen MR) is 103 cm³/mol. The molecule has 0 aliphatic rings. The van der Waals surface area contributed by atoms with Gasteiger partial charge in [-0.3, -0.25) is 4.79 Å². The number of carbonyl (C=O) groups excluding carboxylic acids is 1. The highest BCUT2D eigenvalue weighted by molar-refractivity contribution is 6.11. The molecule has 5 nitrogen and oxygen atoms in total. The van der Waals surface area contributed by atoms with Crippen LogP contribution >= 0.6 is 0 Å². The minimum atomic E-state index is -0.0621. The minimum absolute atomic E-state index is 0.0621. The lowest BCUT2D eigenvalue weighted by atomic mass is 10.0. The molecule has 0 heterocycles. The third-order valence-electron chi connectivity index (χ3n) is 3.94. The molecular weight excluding hydrogens is 316 g/mol. The summed E-state index contributed by atoms with van der Waals surface area (Å²) in [4.78, 5) is 14.7. The molecule has 0 aliphatic heterocycles. The Morgan fingerprint density at radius 1 is 1.08 bits per heavy atom. The van der Waals surface area contributed by atoms with E-state index in [-0.39, 0.29) is 5.78 Å². The Bertz CT molecular complexity index is 811. The molecular formula is C20H24N2O3. The second-order valence-corrected chi connectivity index (χ2v) is 5.93. The number of ether oxygens (including phenoxy) is 2. The molecule has 2 aromatic carbocycles. The summed E-state index contributed by atoms with van der Waals surface area (Å²) in [5, 5.41) is 0. The molecule has 0 fully saturated rings. The molecule has 0 bridgehead atoms. The maximum Gasteiger partial charge on any atom is 0.188 e. The highest BCUT2D eigenvalue weighted by Gasteiger charge is 2.13. The number of nitrogens with two attached hydrogens (primary N) is 1. The smallest absolute Gasteiger partial charge is 0.188 e. The maximum absolute atomic E-state index is 12.8. The van der Waals surface area contributed by atoms with Crippen molar-refractivity contribution < 1.29 is 14.3 Å². The van der Waals surface area contributed by atoms with Crippen LogP contribution in [0.1, 0.15) is 22.8 Å². The van der Waals surface area contributed by atoms with Gasteiger partial charge < -0.3 is 20.1 Å². The Kier molecular flexibility index (Phi) is 5.70. The number of Topliss-reactive ketones (excluding diaryl/α,β-unsaturated/α-hetero) is 1. The van der Waals surface area contributed by atoms with Crippen LogP contribution in [0.5, 0.6) is 11.5 Å². The van der Waals surface area contributed by atoms with E-state index >= 15 is 0 Å². The summed E-state index contributed by atoms with van der Waals surface area (Å²) in [5.74, 6) is 1.32. The number of ketones is 1. The van der Waals surface area contributed by atoms with Crippen LogP contribution in [-0.4, -0.2) is 34.1 Å². The van der Waals surface area contributed by atoms with Crippen molar-refractivity contribution in [2.75, 3.05) is 38.9 Å². The zero-order chi connectivity index (χ0) is 18.6. The summed E-state index contributed by atoms with van der Waals surface area (Å²) in [5.41, 5.74) is 9.39. The second kappa shape index (κ2) is 7.75. The summed E-state index contributed by atoms with van der Waals surface area (Å²) in [6, 6.07) is 10.8. The topological polar surface area (TPSA) is 64.8 Å². The molecule has 2 N–H and O–H groups in total. The molecule has 2 rings (SSSR count). The van der Waals surface area contributed by atoms with Crippen LogP contribution in [0.25, 0.3) is 6.08 Å². The van der Waals surface area contributed by atoms with Gasteiger partial charge in [0, 0.05) is 25.2 Å². The number of carbonyl (C=O) groups is 1. The summed E-state index contributed by atoms with van der Waals surface area (Å²) in [6.45, 7) is 1.78. The van der Waals surface area contributed by atoms with E-state index in [1.807, 2.05) is 37.2 Å². The average Bonchev–Trinajstić information content (AvgIpc) is 2.61. The van der Waals surface area contributed by atoms with Crippen molar-refractivity contribution in [1.29, 1.82) is 0 Å². The first-order chi connectivity index (χ1) is 11.9. The molecule has 0 atom stereocenters. The fourth-order valence-electron chi connectivity index (χ4n) is 2.55. The Morgan fingerprint density at radius 3 is 2.40 bits per heavy atom. The van der Waals surface area contributed by atoms with Gasteiger partial charge in [-0.05, 0) is 55.0 Å². The van der Waals surface area contributed by atoms with E-state index in [4.69, 9.17) is 15.2 Å². The van der Waals surface area contributed by atoms with Gasteiger partial charge in [0.15, 0.2) is 5.78 Å². The predicted octanol–water partition coefficient (Wildman–Crippen LogP) is 3.64. The highest BCUT2D eigenvalue weighted by atomic mass is 16.5. The SMILES string of the molecule is COc1ccc(OC)c(/C=C(\C)C(=O)c2ccc(N)c(N(C)C)c2)c1. The second-order valence-electron chi connectivity index (χ2n) is 5.93.